The van der Waals surface area contributed by atoms with Crippen molar-refractivity contribution in [3.63, 3.8) is 0 Å². The molecule has 7 heteroatoms. The van der Waals surface area contributed by atoms with E-state index in [9.17, 15) is 14.7 Å². The lowest BCUT2D eigenvalue weighted by atomic mass is 9.99. The highest BCUT2D eigenvalue weighted by atomic mass is 35.5. The SMILES string of the molecule is CC[C@@H](C)[C@H](NC(=O)Nc1ccc(OC)c(Cl)c1)C(=O)[O-]. The number of carbonyl (C=O) groups is 2. The lowest BCUT2D eigenvalue weighted by molar-refractivity contribution is -0.309. The van der Waals surface area contributed by atoms with Crippen LogP contribution in [0.5, 0.6) is 5.75 Å². The summed E-state index contributed by atoms with van der Waals surface area (Å²) >= 11 is 5.94. The summed E-state index contributed by atoms with van der Waals surface area (Å²) in [6.45, 7) is 3.56. The Hall–Kier alpha value is -1.95. The van der Waals surface area contributed by atoms with Gasteiger partial charge in [0.05, 0.1) is 24.1 Å². The molecule has 1 aromatic rings. The van der Waals surface area contributed by atoms with Gasteiger partial charge in [0.1, 0.15) is 5.75 Å². The van der Waals surface area contributed by atoms with E-state index in [2.05, 4.69) is 10.6 Å². The summed E-state index contributed by atoms with van der Waals surface area (Å²) in [6.07, 6.45) is 0.604. The predicted molar refractivity (Wildman–Crippen MR) is 78.4 cm³/mol. The molecule has 116 valence electrons. The first-order chi connectivity index (χ1) is 9.88. The minimum Gasteiger partial charge on any atom is -0.548 e. The van der Waals surface area contributed by atoms with E-state index in [-0.39, 0.29) is 5.92 Å². The van der Waals surface area contributed by atoms with Gasteiger partial charge in [0.2, 0.25) is 0 Å². The van der Waals surface area contributed by atoms with Crippen LogP contribution in [-0.2, 0) is 4.79 Å². The van der Waals surface area contributed by atoms with Crippen LogP contribution in [0.25, 0.3) is 0 Å². The number of halogens is 1. The molecule has 0 fully saturated rings. The zero-order valence-corrected chi connectivity index (χ0v) is 12.9. The van der Waals surface area contributed by atoms with Crippen LogP contribution in [0.4, 0.5) is 10.5 Å². The summed E-state index contributed by atoms with van der Waals surface area (Å²) in [6, 6.07) is 3.02. The van der Waals surface area contributed by atoms with Crippen LogP contribution >= 0.6 is 11.6 Å². The van der Waals surface area contributed by atoms with Crippen LogP contribution in [-0.4, -0.2) is 25.2 Å². The van der Waals surface area contributed by atoms with Gasteiger partial charge in [0.25, 0.3) is 0 Å². The Bertz CT molecular complexity index is 522. The highest BCUT2D eigenvalue weighted by molar-refractivity contribution is 6.32. The van der Waals surface area contributed by atoms with Crippen molar-refractivity contribution in [1.82, 2.24) is 5.32 Å². The highest BCUT2D eigenvalue weighted by Gasteiger charge is 2.19. The Kier molecular flexibility index (Phi) is 6.30. The number of carboxylic acid groups (broad SMARTS) is 1. The fourth-order valence-corrected chi connectivity index (χ4v) is 1.98. The molecule has 1 rings (SSSR count). The standard InChI is InChI=1S/C14H19ClN2O4/c1-4-8(2)12(13(18)19)17-14(20)16-9-5-6-11(21-3)10(15)7-9/h5-8,12H,4H2,1-3H3,(H,18,19)(H2,16,17,20)/p-1/t8-,12+/m1/s1. The molecule has 2 amide bonds. The van der Waals surface area contributed by atoms with Gasteiger partial charge in [-0.1, -0.05) is 31.9 Å². The highest BCUT2D eigenvalue weighted by Crippen LogP contribution is 2.27. The number of carbonyl (C=O) groups excluding carboxylic acids is 2. The summed E-state index contributed by atoms with van der Waals surface area (Å²) in [5, 5.41) is 16.3. The maximum absolute atomic E-state index is 11.8. The monoisotopic (exact) mass is 313 g/mol. The van der Waals surface area contributed by atoms with E-state index in [0.29, 0.717) is 22.9 Å². The lowest BCUT2D eigenvalue weighted by Gasteiger charge is -2.25. The summed E-state index contributed by atoms with van der Waals surface area (Å²) in [5.74, 6) is -1.07. The number of hydrogen-bond acceptors (Lipinski definition) is 4. The number of nitrogens with one attached hydrogen (secondary N) is 2. The average Bonchev–Trinajstić information content (AvgIpc) is 2.44. The van der Waals surface area contributed by atoms with Crippen molar-refractivity contribution in [3.8, 4) is 5.75 Å². The number of hydrogen-bond donors (Lipinski definition) is 2. The number of aliphatic carboxylic acids is 1. The second-order valence-electron chi connectivity index (χ2n) is 4.63. The first-order valence-corrected chi connectivity index (χ1v) is 6.88. The van der Waals surface area contributed by atoms with Gasteiger partial charge in [-0.05, 0) is 24.1 Å². The topological polar surface area (TPSA) is 90.5 Å². The van der Waals surface area contributed by atoms with E-state index in [4.69, 9.17) is 16.3 Å². The zero-order valence-electron chi connectivity index (χ0n) is 12.1. The van der Waals surface area contributed by atoms with Crippen molar-refractivity contribution in [2.24, 2.45) is 5.92 Å². The fraction of sp³-hybridized carbons (Fsp3) is 0.429. The first kappa shape index (κ1) is 17.1. The van der Waals surface area contributed by atoms with Crippen molar-refractivity contribution in [1.29, 1.82) is 0 Å². The van der Waals surface area contributed by atoms with Crippen LogP contribution in [0.2, 0.25) is 5.02 Å². The third kappa shape index (κ3) is 4.82. The Morgan fingerprint density at radius 1 is 1.43 bits per heavy atom. The van der Waals surface area contributed by atoms with Gasteiger partial charge in [0, 0.05) is 5.69 Å². The molecule has 0 aromatic heterocycles. The first-order valence-electron chi connectivity index (χ1n) is 6.51. The number of urea groups is 1. The molecule has 0 aliphatic heterocycles. The quantitative estimate of drug-likeness (QED) is 0.835. The molecule has 2 N–H and O–H groups in total. The third-order valence-corrected chi connectivity index (χ3v) is 3.46. The summed E-state index contributed by atoms with van der Waals surface area (Å²) in [4.78, 5) is 22.9. The molecule has 21 heavy (non-hydrogen) atoms. The number of benzene rings is 1. The molecule has 0 aliphatic carbocycles. The van der Waals surface area contributed by atoms with Crippen molar-refractivity contribution in [2.75, 3.05) is 12.4 Å². The summed E-state index contributed by atoms with van der Waals surface area (Å²) in [7, 11) is 1.48. The molecule has 0 aliphatic rings. The van der Waals surface area contributed by atoms with Gasteiger partial charge in [-0.2, -0.15) is 0 Å². The van der Waals surface area contributed by atoms with E-state index < -0.39 is 18.0 Å². The molecule has 0 radical (unpaired) electrons. The average molecular weight is 314 g/mol. The Balaban J connectivity index is 2.72. The fourth-order valence-electron chi connectivity index (χ4n) is 1.72. The van der Waals surface area contributed by atoms with Crippen LogP contribution < -0.4 is 20.5 Å². The largest absolute Gasteiger partial charge is 0.548 e. The van der Waals surface area contributed by atoms with Crippen molar-refractivity contribution < 1.29 is 19.4 Å². The molecule has 0 saturated carbocycles. The van der Waals surface area contributed by atoms with E-state index in [0.717, 1.165) is 0 Å². The van der Waals surface area contributed by atoms with E-state index in [1.807, 2.05) is 6.92 Å². The Morgan fingerprint density at radius 3 is 2.57 bits per heavy atom. The molecular formula is C14H18ClN2O4-. The number of methoxy groups -OCH3 is 1. The molecular weight excluding hydrogens is 296 g/mol. The maximum atomic E-state index is 11.8. The van der Waals surface area contributed by atoms with E-state index in [1.165, 1.54) is 13.2 Å². The number of ether oxygens (including phenoxy) is 1. The molecule has 1 aromatic carbocycles. The second-order valence-corrected chi connectivity index (χ2v) is 5.04. The molecule has 6 nitrogen and oxygen atoms in total. The van der Waals surface area contributed by atoms with Crippen LogP contribution in [0.3, 0.4) is 0 Å². The number of anilines is 1. The summed E-state index contributed by atoms with van der Waals surface area (Å²) in [5.41, 5.74) is 0.430. The van der Waals surface area contributed by atoms with E-state index >= 15 is 0 Å². The number of amides is 2. The van der Waals surface area contributed by atoms with Crippen molar-refractivity contribution in [2.45, 2.75) is 26.3 Å². The van der Waals surface area contributed by atoms with Crippen molar-refractivity contribution in [3.05, 3.63) is 23.2 Å². The van der Waals surface area contributed by atoms with Crippen LogP contribution in [0.1, 0.15) is 20.3 Å². The molecule has 0 saturated heterocycles. The van der Waals surface area contributed by atoms with Gasteiger partial charge >= 0.3 is 6.03 Å². The van der Waals surface area contributed by atoms with E-state index in [1.54, 1.807) is 19.1 Å². The number of carboxylic acids is 1. The van der Waals surface area contributed by atoms with Gasteiger partial charge in [-0.15, -0.1) is 0 Å². The molecule has 0 unspecified atom stereocenters. The second kappa shape index (κ2) is 7.73. The lowest BCUT2D eigenvalue weighted by Crippen LogP contribution is -2.52. The molecule has 0 bridgehead atoms. The van der Waals surface area contributed by atoms with Gasteiger partial charge in [0.15, 0.2) is 0 Å². The van der Waals surface area contributed by atoms with Gasteiger partial charge in [-0.25, -0.2) is 4.79 Å². The smallest absolute Gasteiger partial charge is 0.319 e. The van der Waals surface area contributed by atoms with Crippen molar-refractivity contribution >= 4 is 29.3 Å². The van der Waals surface area contributed by atoms with Crippen LogP contribution in [0.15, 0.2) is 18.2 Å². The normalized spacial score (nSPS) is 13.1. The molecule has 0 heterocycles. The summed E-state index contributed by atoms with van der Waals surface area (Å²) < 4.78 is 5.00. The third-order valence-electron chi connectivity index (χ3n) is 3.16. The minimum absolute atomic E-state index is 0.236. The zero-order chi connectivity index (χ0) is 16.0. The minimum atomic E-state index is -1.31. The predicted octanol–water partition coefficient (Wildman–Crippen LogP) is 1.63. The van der Waals surface area contributed by atoms with Crippen LogP contribution in [0, 0.1) is 5.92 Å². The molecule has 2 atom stereocenters. The van der Waals surface area contributed by atoms with Gasteiger partial charge < -0.3 is 25.3 Å². The number of rotatable bonds is 6. The Labute approximate surface area is 128 Å². The van der Waals surface area contributed by atoms with Gasteiger partial charge in [-0.3, -0.25) is 0 Å². The Morgan fingerprint density at radius 2 is 2.10 bits per heavy atom. The maximum Gasteiger partial charge on any atom is 0.319 e. The molecule has 0 spiro atoms.